The normalized spacial score (nSPS) is 11.6. The summed E-state index contributed by atoms with van der Waals surface area (Å²) < 4.78 is 4.93. The van der Waals surface area contributed by atoms with Gasteiger partial charge in [-0.3, -0.25) is 4.79 Å². The number of nitrogens with one attached hydrogen (secondary N) is 2. The van der Waals surface area contributed by atoms with Crippen molar-refractivity contribution in [3.63, 3.8) is 0 Å². The van der Waals surface area contributed by atoms with E-state index in [1.165, 1.54) is 5.56 Å². The molecular weight excluding hydrogens is 316 g/mol. The summed E-state index contributed by atoms with van der Waals surface area (Å²) in [5.74, 6) is -0.434. The summed E-state index contributed by atoms with van der Waals surface area (Å²) in [4.78, 5) is 23.6. The first kappa shape index (κ1) is 18.7. The van der Waals surface area contributed by atoms with Crippen molar-refractivity contribution in [2.24, 2.45) is 0 Å². The Labute approximate surface area is 148 Å². The molecule has 5 nitrogen and oxygen atoms in total. The quantitative estimate of drug-likeness (QED) is 0.721. The lowest BCUT2D eigenvalue weighted by atomic mass is 10.1. The Bertz CT molecular complexity index is 684. The second-order valence-electron chi connectivity index (χ2n) is 5.68. The molecule has 0 aromatic heterocycles. The van der Waals surface area contributed by atoms with Crippen LogP contribution in [-0.2, 0) is 9.53 Å². The van der Waals surface area contributed by atoms with Gasteiger partial charge in [0, 0.05) is 24.7 Å². The molecule has 0 aliphatic rings. The molecule has 1 unspecified atom stereocenters. The molecule has 1 atom stereocenters. The van der Waals surface area contributed by atoms with E-state index in [4.69, 9.17) is 4.74 Å². The minimum absolute atomic E-state index is 0.0725. The van der Waals surface area contributed by atoms with E-state index in [9.17, 15) is 9.59 Å². The van der Waals surface area contributed by atoms with E-state index in [1.807, 2.05) is 18.2 Å². The number of hydrogen-bond acceptors (Lipinski definition) is 4. The van der Waals surface area contributed by atoms with Crippen molar-refractivity contribution in [3.05, 3.63) is 65.7 Å². The fourth-order valence-corrected chi connectivity index (χ4v) is 2.39. The van der Waals surface area contributed by atoms with Crippen molar-refractivity contribution >= 4 is 17.6 Å². The highest BCUT2D eigenvalue weighted by Crippen LogP contribution is 2.12. The van der Waals surface area contributed by atoms with Crippen LogP contribution >= 0.6 is 0 Å². The minimum Gasteiger partial charge on any atom is -0.462 e. The summed E-state index contributed by atoms with van der Waals surface area (Å²) in [5.41, 5.74) is 2.32. The Morgan fingerprint density at radius 1 is 1.04 bits per heavy atom. The number of carbonyl (C=O) groups is 2. The zero-order valence-electron chi connectivity index (χ0n) is 14.6. The van der Waals surface area contributed by atoms with Gasteiger partial charge in [-0.15, -0.1) is 0 Å². The number of rotatable bonds is 8. The van der Waals surface area contributed by atoms with E-state index in [1.54, 1.807) is 31.2 Å². The lowest BCUT2D eigenvalue weighted by molar-refractivity contribution is -0.116. The molecule has 0 bridgehead atoms. The standard InChI is InChI=1S/C20H24N2O3/c1-3-25-20(24)17-9-11-18(12-10-17)22-19(23)13-14-21-15(2)16-7-5-4-6-8-16/h4-12,15,21H,3,13-14H2,1-2H3,(H,22,23). The van der Waals surface area contributed by atoms with Gasteiger partial charge in [-0.05, 0) is 43.7 Å². The maximum atomic E-state index is 12.0. The number of amides is 1. The van der Waals surface area contributed by atoms with Gasteiger partial charge < -0.3 is 15.4 Å². The third-order valence-electron chi connectivity index (χ3n) is 3.78. The van der Waals surface area contributed by atoms with Crippen molar-refractivity contribution in [3.8, 4) is 0 Å². The predicted octanol–water partition coefficient (Wildman–Crippen LogP) is 3.54. The van der Waals surface area contributed by atoms with Crippen molar-refractivity contribution in [2.75, 3.05) is 18.5 Å². The SMILES string of the molecule is CCOC(=O)c1ccc(NC(=O)CCNC(C)c2ccccc2)cc1. The Kier molecular flexibility index (Phi) is 7.16. The maximum Gasteiger partial charge on any atom is 0.338 e. The summed E-state index contributed by atoms with van der Waals surface area (Å²) >= 11 is 0. The molecule has 0 saturated heterocycles. The second-order valence-corrected chi connectivity index (χ2v) is 5.68. The third-order valence-corrected chi connectivity index (χ3v) is 3.78. The van der Waals surface area contributed by atoms with Crippen LogP contribution < -0.4 is 10.6 Å². The number of hydrogen-bond donors (Lipinski definition) is 2. The summed E-state index contributed by atoms with van der Waals surface area (Å²) in [7, 11) is 0. The lowest BCUT2D eigenvalue weighted by Crippen LogP contribution is -2.24. The largest absolute Gasteiger partial charge is 0.462 e. The number of anilines is 1. The molecule has 0 spiro atoms. The lowest BCUT2D eigenvalue weighted by Gasteiger charge is -2.14. The molecule has 5 heteroatoms. The van der Waals surface area contributed by atoms with E-state index in [-0.39, 0.29) is 17.9 Å². The fourth-order valence-electron chi connectivity index (χ4n) is 2.39. The highest BCUT2D eigenvalue weighted by atomic mass is 16.5. The summed E-state index contributed by atoms with van der Waals surface area (Å²) in [6, 6.07) is 17.0. The average molecular weight is 340 g/mol. The first-order valence-corrected chi connectivity index (χ1v) is 8.45. The zero-order valence-corrected chi connectivity index (χ0v) is 14.6. The van der Waals surface area contributed by atoms with Crippen LogP contribution in [0.3, 0.4) is 0 Å². The highest BCUT2D eigenvalue weighted by Gasteiger charge is 2.08. The van der Waals surface area contributed by atoms with Gasteiger partial charge in [-0.2, -0.15) is 0 Å². The molecule has 2 aromatic carbocycles. The first-order chi connectivity index (χ1) is 12.1. The van der Waals surface area contributed by atoms with Crippen molar-refractivity contribution < 1.29 is 14.3 Å². The van der Waals surface area contributed by atoms with Gasteiger partial charge in [0.25, 0.3) is 0 Å². The zero-order chi connectivity index (χ0) is 18.1. The van der Waals surface area contributed by atoms with Crippen LogP contribution in [0.25, 0.3) is 0 Å². The summed E-state index contributed by atoms with van der Waals surface area (Å²) in [6.45, 7) is 4.76. The number of carbonyl (C=O) groups excluding carboxylic acids is 2. The average Bonchev–Trinajstić information content (AvgIpc) is 2.63. The molecule has 132 valence electrons. The van der Waals surface area contributed by atoms with Crippen LogP contribution in [0.2, 0.25) is 0 Å². The molecule has 0 radical (unpaired) electrons. The van der Waals surface area contributed by atoms with Crippen molar-refractivity contribution in [1.29, 1.82) is 0 Å². The second kappa shape index (κ2) is 9.59. The Balaban J connectivity index is 1.75. The number of esters is 1. The molecule has 2 N–H and O–H groups in total. The molecule has 0 saturated carbocycles. The van der Waals surface area contributed by atoms with Gasteiger partial charge in [-0.25, -0.2) is 4.79 Å². The molecule has 0 aliphatic carbocycles. The van der Waals surface area contributed by atoms with Crippen LogP contribution in [0.15, 0.2) is 54.6 Å². The van der Waals surface area contributed by atoms with Crippen LogP contribution in [0.1, 0.15) is 42.2 Å². The number of ether oxygens (including phenoxy) is 1. The molecular formula is C20H24N2O3. The molecule has 0 fully saturated rings. The monoisotopic (exact) mass is 340 g/mol. The fraction of sp³-hybridized carbons (Fsp3) is 0.300. The van der Waals surface area contributed by atoms with E-state index in [2.05, 4.69) is 29.7 Å². The molecule has 0 heterocycles. The molecule has 0 aliphatic heterocycles. The van der Waals surface area contributed by atoms with E-state index in [0.29, 0.717) is 30.8 Å². The third kappa shape index (κ3) is 6.04. The number of benzene rings is 2. The Morgan fingerprint density at radius 2 is 1.72 bits per heavy atom. The van der Waals surface area contributed by atoms with Gasteiger partial charge in [0.2, 0.25) is 5.91 Å². The van der Waals surface area contributed by atoms with Gasteiger partial charge in [0.05, 0.1) is 12.2 Å². The summed E-state index contributed by atoms with van der Waals surface area (Å²) in [6.07, 6.45) is 0.372. The van der Waals surface area contributed by atoms with Crippen molar-refractivity contribution in [2.45, 2.75) is 26.3 Å². The van der Waals surface area contributed by atoms with Crippen LogP contribution in [0.4, 0.5) is 5.69 Å². The van der Waals surface area contributed by atoms with E-state index >= 15 is 0 Å². The molecule has 2 aromatic rings. The molecule has 2 rings (SSSR count). The van der Waals surface area contributed by atoms with E-state index in [0.717, 1.165) is 0 Å². The highest BCUT2D eigenvalue weighted by molar-refractivity contribution is 5.93. The smallest absolute Gasteiger partial charge is 0.338 e. The van der Waals surface area contributed by atoms with Crippen LogP contribution in [-0.4, -0.2) is 25.0 Å². The van der Waals surface area contributed by atoms with Gasteiger partial charge in [0.15, 0.2) is 0 Å². The van der Waals surface area contributed by atoms with Gasteiger partial charge >= 0.3 is 5.97 Å². The van der Waals surface area contributed by atoms with Crippen molar-refractivity contribution in [1.82, 2.24) is 5.32 Å². The minimum atomic E-state index is -0.362. The van der Waals surface area contributed by atoms with Crippen LogP contribution in [0.5, 0.6) is 0 Å². The van der Waals surface area contributed by atoms with E-state index < -0.39 is 0 Å². The molecule has 25 heavy (non-hydrogen) atoms. The van der Waals surface area contributed by atoms with Crippen LogP contribution in [0, 0.1) is 0 Å². The Hall–Kier alpha value is -2.66. The summed E-state index contributed by atoms with van der Waals surface area (Å²) in [5, 5.41) is 6.15. The predicted molar refractivity (Wildman–Crippen MR) is 98.5 cm³/mol. The first-order valence-electron chi connectivity index (χ1n) is 8.45. The maximum absolute atomic E-state index is 12.0. The van der Waals surface area contributed by atoms with Gasteiger partial charge in [-0.1, -0.05) is 30.3 Å². The topological polar surface area (TPSA) is 67.4 Å². The Morgan fingerprint density at radius 3 is 2.36 bits per heavy atom. The molecule has 1 amide bonds. The van der Waals surface area contributed by atoms with Gasteiger partial charge in [0.1, 0.15) is 0 Å².